The molecule has 2 heterocycles. The highest BCUT2D eigenvalue weighted by Gasteiger charge is 2.42. The van der Waals surface area contributed by atoms with E-state index in [2.05, 4.69) is 4.99 Å². The smallest absolute Gasteiger partial charge is 0.349 e. The molecule has 0 aromatic carbocycles. The number of nitrogens with two attached hydrogens (primary N) is 1. The first-order valence-electron chi connectivity index (χ1n) is 12.9. The Bertz CT molecular complexity index is 1090. The summed E-state index contributed by atoms with van der Waals surface area (Å²) in [5.41, 5.74) is 6.84. The van der Waals surface area contributed by atoms with Gasteiger partial charge >= 0.3 is 5.97 Å². The number of aryl methyl sites for hydroxylation is 1. The van der Waals surface area contributed by atoms with Crippen molar-refractivity contribution in [1.82, 2.24) is 9.80 Å². The van der Waals surface area contributed by atoms with Crippen molar-refractivity contribution in [2.45, 2.75) is 90.8 Å². The van der Waals surface area contributed by atoms with Crippen LogP contribution in [0.5, 0.6) is 0 Å². The van der Waals surface area contributed by atoms with Gasteiger partial charge in [-0.05, 0) is 58.9 Å². The number of hydrogen-bond acceptors (Lipinski definition) is 8. The maximum Gasteiger partial charge on any atom is 0.349 e. The number of imide groups is 1. The molecule has 3 N–H and O–H groups in total. The zero-order valence-electron chi connectivity index (χ0n) is 22.0. The number of ether oxygens (including phenoxy) is 1. The van der Waals surface area contributed by atoms with Crippen LogP contribution in [0.2, 0.25) is 0 Å². The average molecular weight is 532 g/mol. The van der Waals surface area contributed by atoms with Gasteiger partial charge in [-0.1, -0.05) is 19.3 Å². The molecular formula is C26H37N5O5S. The van der Waals surface area contributed by atoms with Gasteiger partial charge in [0.2, 0.25) is 5.91 Å². The normalized spacial score (nSPS) is 19.2. The van der Waals surface area contributed by atoms with E-state index in [9.17, 15) is 19.2 Å². The maximum absolute atomic E-state index is 14.0. The molecule has 202 valence electrons. The van der Waals surface area contributed by atoms with Crippen LogP contribution in [-0.4, -0.2) is 76.8 Å². The summed E-state index contributed by atoms with van der Waals surface area (Å²) in [6.45, 7) is 7.44. The van der Waals surface area contributed by atoms with Gasteiger partial charge in [0.1, 0.15) is 12.3 Å². The molecule has 37 heavy (non-hydrogen) atoms. The van der Waals surface area contributed by atoms with Crippen LogP contribution < -0.4 is 5.73 Å². The molecule has 11 heteroatoms. The van der Waals surface area contributed by atoms with Gasteiger partial charge in [-0.2, -0.15) is 0 Å². The lowest BCUT2D eigenvalue weighted by atomic mass is 9.93. The highest BCUT2D eigenvalue weighted by atomic mass is 32.1. The van der Waals surface area contributed by atoms with E-state index in [1.54, 1.807) is 27.7 Å². The molecule has 0 unspecified atom stereocenters. The van der Waals surface area contributed by atoms with Gasteiger partial charge in [0, 0.05) is 23.0 Å². The first-order chi connectivity index (χ1) is 17.6. The predicted octanol–water partition coefficient (Wildman–Crippen LogP) is 2.96. The second-order valence-electron chi connectivity index (χ2n) is 9.63. The maximum atomic E-state index is 14.0. The standard InChI is InChI=1S/C26H37N5O5S/c1-5-36-20(32)14-29-23(28)21-15(2)22(37-17(21)4)26(35)31(18-10-7-6-8-11-18)25(34)19-12-9-13-30(19)24(33)16(3)27/h14,16,18-19,28H,5-13,27H2,1-4H3/t16-,19-/m0/s1. The van der Waals surface area contributed by atoms with E-state index in [-0.39, 0.29) is 30.3 Å². The fourth-order valence-electron chi connectivity index (χ4n) is 5.17. The van der Waals surface area contributed by atoms with Crippen molar-refractivity contribution in [3.63, 3.8) is 0 Å². The number of amidine groups is 1. The summed E-state index contributed by atoms with van der Waals surface area (Å²) >= 11 is 1.21. The fraction of sp³-hybridized carbons (Fsp3) is 0.615. The zero-order valence-corrected chi connectivity index (χ0v) is 22.9. The quantitative estimate of drug-likeness (QED) is 0.239. The second-order valence-corrected chi connectivity index (χ2v) is 10.9. The van der Waals surface area contributed by atoms with Crippen molar-refractivity contribution >= 4 is 47.1 Å². The van der Waals surface area contributed by atoms with Crippen molar-refractivity contribution in [3.05, 3.63) is 20.9 Å². The number of carbonyl (C=O) groups is 4. The molecule has 2 atom stereocenters. The Balaban J connectivity index is 1.94. The van der Waals surface area contributed by atoms with Gasteiger partial charge in [0.25, 0.3) is 11.8 Å². The number of amides is 3. The van der Waals surface area contributed by atoms with E-state index in [0.29, 0.717) is 40.3 Å². The zero-order chi connectivity index (χ0) is 27.3. The lowest BCUT2D eigenvalue weighted by molar-refractivity contribution is -0.144. The highest BCUT2D eigenvalue weighted by molar-refractivity contribution is 7.14. The largest absolute Gasteiger partial charge is 0.462 e. The molecule has 0 bridgehead atoms. The van der Waals surface area contributed by atoms with Crippen LogP contribution in [0.15, 0.2) is 4.99 Å². The Labute approximate surface area is 221 Å². The van der Waals surface area contributed by atoms with E-state index in [1.807, 2.05) is 0 Å². The minimum absolute atomic E-state index is 0.154. The van der Waals surface area contributed by atoms with Crippen molar-refractivity contribution in [1.29, 1.82) is 5.41 Å². The molecule has 10 nitrogen and oxygen atoms in total. The summed E-state index contributed by atoms with van der Waals surface area (Å²) < 4.78 is 4.83. The molecule has 3 amide bonds. The molecule has 1 aliphatic carbocycles. The number of nitrogens with one attached hydrogen (secondary N) is 1. The molecule has 1 aromatic rings. The molecule has 2 fully saturated rings. The van der Waals surface area contributed by atoms with Crippen molar-refractivity contribution in [2.24, 2.45) is 10.7 Å². The number of thiophene rings is 1. The van der Waals surface area contributed by atoms with E-state index in [4.69, 9.17) is 15.9 Å². The topological polar surface area (TPSA) is 146 Å². The monoisotopic (exact) mass is 531 g/mol. The number of rotatable bonds is 7. The van der Waals surface area contributed by atoms with E-state index < -0.39 is 24.0 Å². The van der Waals surface area contributed by atoms with Gasteiger partial charge in [-0.25, -0.2) is 9.79 Å². The average Bonchev–Trinajstić information content (AvgIpc) is 3.47. The molecular weight excluding hydrogens is 494 g/mol. The molecule has 1 aliphatic heterocycles. The summed E-state index contributed by atoms with van der Waals surface area (Å²) in [4.78, 5) is 60.2. The Morgan fingerprint density at radius 1 is 1.19 bits per heavy atom. The molecule has 0 spiro atoms. The summed E-state index contributed by atoms with van der Waals surface area (Å²) in [7, 11) is 0. The SMILES string of the molecule is CCOC(=O)C=NC(=N)c1c(C)sc(C(=O)N(C(=O)[C@@H]2CCCN2C(=O)[C@H](C)N)C2CCCCC2)c1C. The molecule has 3 rings (SSSR count). The van der Waals surface area contributed by atoms with Gasteiger partial charge in [-0.15, -0.1) is 11.3 Å². The van der Waals surface area contributed by atoms with Crippen molar-refractivity contribution < 1.29 is 23.9 Å². The molecule has 1 aromatic heterocycles. The summed E-state index contributed by atoms with van der Waals surface area (Å²) in [6.07, 6.45) is 6.48. The van der Waals surface area contributed by atoms with Crippen LogP contribution in [0.25, 0.3) is 0 Å². The predicted molar refractivity (Wildman–Crippen MR) is 142 cm³/mol. The molecule has 2 aliphatic rings. The van der Waals surface area contributed by atoms with Gasteiger partial charge in [-0.3, -0.25) is 24.7 Å². The van der Waals surface area contributed by atoms with Crippen molar-refractivity contribution in [3.8, 4) is 0 Å². The van der Waals surface area contributed by atoms with Crippen molar-refractivity contribution in [2.75, 3.05) is 13.2 Å². The molecule has 1 saturated carbocycles. The van der Waals surface area contributed by atoms with E-state index in [1.165, 1.54) is 21.1 Å². The van der Waals surface area contributed by atoms with Crippen LogP contribution in [0, 0.1) is 19.3 Å². The Morgan fingerprint density at radius 2 is 1.86 bits per heavy atom. The lowest BCUT2D eigenvalue weighted by Gasteiger charge is -2.36. The lowest BCUT2D eigenvalue weighted by Crippen LogP contribution is -2.55. The third-order valence-electron chi connectivity index (χ3n) is 6.95. The number of aliphatic imine (C=N–C) groups is 1. The number of hydrogen-bond donors (Lipinski definition) is 2. The highest BCUT2D eigenvalue weighted by Crippen LogP contribution is 2.33. The first kappa shape index (κ1) is 28.6. The first-order valence-corrected chi connectivity index (χ1v) is 13.7. The van der Waals surface area contributed by atoms with Crippen LogP contribution in [-0.2, 0) is 19.1 Å². The van der Waals surface area contributed by atoms with Crippen LogP contribution in [0.4, 0.5) is 0 Å². The number of nitrogens with zero attached hydrogens (tertiary/aromatic N) is 3. The molecule has 0 radical (unpaired) electrons. The van der Waals surface area contributed by atoms with Gasteiger partial charge < -0.3 is 15.4 Å². The number of likely N-dealkylation sites (tertiary alicyclic amines) is 1. The second kappa shape index (κ2) is 12.6. The summed E-state index contributed by atoms with van der Waals surface area (Å²) in [5, 5.41) is 8.38. The Morgan fingerprint density at radius 3 is 2.49 bits per heavy atom. The number of carbonyl (C=O) groups excluding carboxylic acids is 4. The van der Waals surface area contributed by atoms with Crippen LogP contribution >= 0.6 is 11.3 Å². The van der Waals surface area contributed by atoms with Gasteiger partial charge in [0.15, 0.2) is 5.84 Å². The van der Waals surface area contributed by atoms with Gasteiger partial charge in [0.05, 0.1) is 17.5 Å². The summed E-state index contributed by atoms with van der Waals surface area (Å²) in [5.74, 6) is -1.85. The van der Waals surface area contributed by atoms with E-state index >= 15 is 0 Å². The van der Waals surface area contributed by atoms with Crippen LogP contribution in [0.1, 0.15) is 84.5 Å². The minimum Gasteiger partial charge on any atom is -0.462 e. The Hall–Kier alpha value is -2.92. The number of esters is 1. The third-order valence-corrected chi connectivity index (χ3v) is 8.14. The van der Waals surface area contributed by atoms with E-state index in [0.717, 1.165) is 38.3 Å². The minimum atomic E-state index is -0.724. The third kappa shape index (κ3) is 6.32. The summed E-state index contributed by atoms with van der Waals surface area (Å²) in [6, 6.07) is -1.68. The Kier molecular flexibility index (Phi) is 9.72. The van der Waals surface area contributed by atoms with Crippen LogP contribution in [0.3, 0.4) is 0 Å². The molecule has 1 saturated heterocycles. The fourth-order valence-corrected chi connectivity index (χ4v) is 6.27.